The first-order chi connectivity index (χ1) is 14.2. The Labute approximate surface area is 178 Å². The molecule has 1 aromatic rings. The molecule has 9 heteroatoms. The second-order valence-corrected chi connectivity index (χ2v) is 10.3. The van der Waals surface area contributed by atoms with Gasteiger partial charge in [-0.05, 0) is 50.5 Å². The van der Waals surface area contributed by atoms with Crippen molar-refractivity contribution in [3.05, 3.63) is 24.3 Å². The van der Waals surface area contributed by atoms with E-state index in [1.54, 1.807) is 45.2 Å². The lowest BCUT2D eigenvalue weighted by atomic mass is 9.94. The number of nitrogens with zero attached hydrogens (tertiary/aromatic N) is 2. The fourth-order valence-corrected chi connectivity index (χ4v) is 5.82. The van der Waals surface area contributed by atoms with Gasteiger partial charge in [0.2, 0.25) is 21.8 Å². The van der Waals surface area contributed by atoms with Gasteiger partial charge in [0.05, 0.1) is 19.4 Å². The third kappa shape index (κ3) is 4.46. The van der Waals surface area contributed by atoms with Crippen molar-refractivity contribution in [2.75, 3.05) is 30.9 Å². The van der Waals surface area contributed by atoms with Crippen molar-refractivity contribution in [2.45, 2.75) is 57.5 Å². The lowest BCUT2D eigenvalue weighted by Gasteiger charge is -2.47. The summed E-state index contributed by atoms with van der Waals surface area (Å²) in [6.45, 7) is 3.07. The van der Waals surface area contributed by atoms with Gasteiger partial charge in [-0.3, -0.25) is 14.5 Å². The number of rotatable bonds is 7. The number of hydrogen-bond acceptors (Lipinski definition) is 5. The molecule has 0 radical (unpaired) electrons. The Morgan fingerprint density at radius 2 is 1.87 bits per heavy atom. The smallest absolute Gasteiger partial charge is 0.247 e. The number of piperazine rings is 1. The van der Waals surface area contributed by atoms with Crippen LogP contribution < -0.4 is 15.0 Å². The molecule has 2 amide bonds. The molecule has 1 atom stereocenters. The van der Waals surface area contributed by atoms with Crippen molar-refractivity contribution in [2.24, 2.45) is 0 Å². The van der Waals surface area contributed by atoms with Gasteiger partial charge in [0.1, 0.15) is 11.3 Å². The van der Waals surface area contributed by atoms with Crippen molar-refractivity contribution in [1.82, 2.24) is 9.62 Å². The summed E-state index contributed by atoms with van der Waals surface area (Å²) < 4.78 is 31.8. The van der Waals surface area contributed by atoms with Crippen LogP contribution in [0.3, 0.4) is 0 Å². The van der Waals surface area contributed by atoms with Gasteiger partial charge >= 0.3 is 0 Å². The highest BCUT2D eigenvalue weighted by molar-refractivity contribution is 7.89. The monoisotopic (exact) mass is 437 g/mol. The van der Waals surface area contributed by atoms with Crippen molar-refractivity contribution < 1.29 is 22.7 Å². The van der Waals surface area contributed by atoms with Gasteiger partial charge < -0.3 is 10.1 Å². The van der Waals surface area contributed by atoms with Crippen LogP contribution in [0.4, 0.5) is 5.69 Å². The molecule has 1 saturated carbocycles. The Morgan fingerprint density at radius 1 is 1.23 bits per heavy atom. The molecule has 2 aliphatic rings. The molecule has 1 heterocycles. The molecule has 1 aliphatic carbocycles. The van der Waals surface area contributed by atoms with Crippen LogP contribution in [0.2, 0.25) is 0 Å². The molecule has 30 heavy (non-hydrogen) atoms. The van der Waals surface area contributed by atoms with Crippen molar-refractivity contribution in [3.8, 4) is 5.75 Å². The Balaban J connectivity index is 1.97. The number of nitrogens with one attached hydrogen (secondary N) is 1. The first-order valence-corrected chi connectivity index (χ1v) is 12.1. The topological polar surface area (TPSA) is 96.0 Å². The molecule has 3 rings (SSSR count). The minimum absolute atomic E-state index is 0.0524. The molecule has 2 fully saturated rings. The fraction of sp³-hybridized carbons (Fsp3) is 0.619. The number of carbonyl (C=O) groups is 2. The Morgan fingerprint density at radius 3 is 2.43 bits per heavy atom. The number of sulfonamides is 1. The lowest BCUT2D eigenvalue weighted by molar-refractivity contribution is -0.133. The van der Waals surface area contributed by atoms with Crippen molar-refractivity contribution in [3.63, 3.8) is 0 Å². The minimum atomic E-state index is -3.63. The normalized spacial score (nSPS) is 23.6. The number of benzene rings is 1. The standard InChI is InChI=1S/C21H31N3O5S/c1-4-13-30(27,28)23-14-19(25)24(17-9-11-18(29-3)12-10-17)21(2,15-23)20(26)22-16-7-5-6-8-16/h9-12,16H,4-8,13-15H2,1-3H3,(H,22,26)/t21-/m0/s1. The van der Waals surface area contributed by atoms with Crippen LogP contribution in [0.1, 0.15) is 46.0 Å². The average molecular weight is 438 g/mol. The maximum absolute atomic E-state index is 13.4. The summed E-state index contributed by atoms with van der Waals surface area (Å²) in [4.78, 5) is 28.0. The highest BCUT2D eigenvalue weighted by Gasteiger charge is 2.51. The van der Waals surface area contributed by atoms with E-state index in [1.165, 1.54) is 4.90 Å². The van der Waals surface area contributed by atoms with Gasteiger partial charge in [-0.25, -0.2) is 8.42 Å². The van der Waals surface area contributed by atoms with Gasteiger partial charge in [-0.2, -0.15) is 4.31 Å². The zero-order chi connectivity index (χ0) is 21.9. The molecule has 166 valence electrons. The second-order valence-electron chi connectivity index (χ2n) is 8.24. The SMILES string of the molecule is CCCS(=O)(=O)N1CC(=O)N(c2ccc(OC)cc2)[C@](C)(C(=O)NC2CCCC2)C1. The zero-order valence-corrected chi connectivity index (χ0v) is 18.7. The molecular weight excluding hydrogens is 406 g/mol. The number of methoxy groups -OCH3 is 1. The Bertz CT molecular complexity index is 880. The number of amides is 2. The molecule has 1 aliphatic heterocycles. The van der Waals surface area contributed by atoms with E-state index in [9.17, 15) is 18.0 Å². The summed E-state index contributed by atoms with van der Waals surface area (Å²) in [5, 5.41) is 3.06. The van der Waals surface area contributed by atoms with Crippen LogP contribution in [-0.4, -0.2) is 62.1 Å². The fourth-order valence-electron chi connectivity index (χ4n) is 4.30. The summed E-state index contributed by atoms with van der Waals surface area (Å²) in [5.41, 5.74) is -0.815. The van der Waals surface area contributed by atoms with E-state index >= 15 is 0 Å². The van der Waals surface area contributed by atoms with Crippen LogP contribution in [0.5, 0.6) is 5.75 Å². The molecule has 0 spiro atoms. The molecule has 1 saturated heterocycles. The molecule has 8 nitrogen and oxygen atoms in total. The largest absolute Gasteiger partial charge is 0.497 e. The highest BCUT2D eigenvalue weighted by Crippen LogP contribution is 2.32. The first kappa shape index (κ1) is 22.6. The van der Waals surface area contributed by atoms with Crippen LogP contribution in [0.25, 0.3) is 0 Å². The van der Waals surface area contributed by atoms with E-state index in [4.69, 9.17) is 4.74 Å². The first-order valence-electron chi connectivity index (χ1n) is 10.5. The van der Waals surface area contributed by atoms with Gasteiger partial charge in [0.25, 0.3) is 0 Å². The van der Waals surface area contributed by atoms with E-state index < -0.39 is 21.5 Å². The summed E-state index contributed by atoms with van der Waals surface area (Å²) in [6, 6.07) is 6.93. The van der Waals surface area contributed by atoms with Gasteiger partial charge in [-0.15, -0.1) is 0 Å². The summed E-state index contributed by atoms with van der Waals surface area (Å²) in [7, 11) is -2.08. The second kappa shape index (κ2) is 8.93. The predicted molar refractivity (Wildman–Crippen MR) is 115 cm³/mol. The molecule has 1 N–H and O–H groups in total. The molecule has 1 aromatic carbocycles. The molecular formula is C21H31N3O5S. The van der Waals surface area contributed by atoms with Gasteiger partial charge in [0.15, 0.2) is 0 Å². The van der Waals surface area contributed by atoms with Crippen LogP contribution in [0, 0.1) is 0 Å². The zero-order valence-electron chi connectivity index (χ0n) is 17.9. The minimum Gasteiger partial charge on any atom is -0.497 e. The summed E-state index contributed by atoms with van der Waals surface area (Å²) >= 11 is 0. The van der Waals surface area contributed by atoms with Gasteiger partial charge in [-0.1, -0.05) is 19.8 Å². The predicted octanol–water partition coefficient (Wildman–Crippen LogP) is 1.90. The maximum Gasteiger partial charge on any atom is 0.247 e. The highest BCUT2D eigenvalue weighted by atomic mass is 32.2. The van der Waals surface area contributed by atoms with Crippen LogP contribution >= 0.6 is 0 Å². The van der Waals surface area contributed by atoms with E-state index in [0.29, 0.717) is 17.9 Å². The van der Waals surface area contributed by atoms with Crippen LogP contribution in [0.15, 0.2) is 24.3 Å². The van der Waals surface area contributed by atoms with Crippen molar-refractivity contribution >= 4 is 27.5 Å². The molecule has 0 bridgehead atoms. The molecule has 0 unspecified atom stereocenters. The number of anilines is 1. The van der Waals surface area contributed by atoms with E-state index in [0.717, 1.165) is 30.0 Å². The number of carbonyl (C=O) groups excluding carboxylic acids is 2. The average Bonchev–Trinajstić information content (AvgIpc) is 3.21. The van der Waals surface area contributed by atoms with E-state index in [-0.39, 0.29) is 30.8 Å². The maximum atomic E-state index is 13.4. The van der Waals surface area contributed by atoms with Crippen molar-refractivity contribution in [1.29, 1.82) is 0 Å². The third-order valence-electron chi connectivity index (χ3n) is 5.90. The Hall–Kier alpha value is -2.13. The van der Waals surface area contributed by atoms with E-state index in [1.807, 2.05) is 0 Å². The summed E-state index contributed by atoms with van der Waals surface area (Å²) in [5.74, 6) is -0.166. The third-order valence-corrected chi connectivity index (χ3v) is 7.87. The number of hydrogen-bond donors (Lipinski definition) is 1. The quantitative estimate of drug-likeness (QED) is 0.703. The van der Waals surface area contributed by atoms with E-state index in [2.05, 4.69) is 5.32 Å². The van der Waals surface area contributed by atoms with Gasteiger partial charge in [0, 0.05) is 18.3 Å². The lowest BCUT2D eigenvalue weighted by Crippen LogP contribution is -2.70. The van der Waals surface area contributed by atoms with Crippen LogP contribution in [-0.2, 0) is 19.6 Å². The molecule has 0 aromatic heterocycles. The number of ether oxygens (including phenoxy) is 1. The Kier molecular flexibility index (Phi) is 6.71. The summed E-state index contributed by atoms with van der Waals surface area (Å²) in [6.07, 6.45) is 4.35.